The Hall–Kier alpha value is -3.04. The number of halogens is 1. The Kier molecular flexibility index (Phi) is 5.63. The van der Waals surface area contributed by atoms with Gasteiger partial charge in [-0.15, -0.1) is 0 Å². The topological polar surface area (TPSA) is 60.1 Å². The first-order chi connectivity index (χ1) is 13.1. The SMILES string of the molecule is C=CCOc1c(Br)cc(/C=C(\C#N)c2nc3ccccc3n2C)cc1OC. The van der Waals surface area contributed by atoms with Gasteiger partial charge in [0.1, 0.15) is 12.7 Å². The Morgan fingerprint density at radius 1 is 1.37 bits per heavy atom. The van der Waals surface area contributed by atoms with Crippen molar-refractivity contribution >= 4 is 38.6 Å². The van der Waals surface area contributed by atoms with E-state index in [1.165, 1.54) is 0 Å². The largest absolute Gasteiger partial charge is 0.493 e. The number of allylic oxidation sites excluding steroid dienone is 1. The Morgan fingerprint density at radius 2 is 2.15 bits per heavy atom. The van der Waals surface area contributed by atoms with Crippen LogP contribution in [0.5, 0.6) is 11.5 Å². The third kappa shape index (κ3) is 3.74. The zero-order chi connectivity index (χ0) is 19.4. The third-order valence-corrected chi connectivity index (χ3v) is 4.65. The molecule has 27 heavy (non-hydrogen) atoms. The summed E-state index contributed by atoms with van der Waals surface area (Å²) < 4.78 is 13.7. The Labute approximate surface area is 166 Å². The van der Waals surface area contributed by atoms with Crippen LogP contribution < -0.4 is 9.47 Å². The molecule has 0 N–H and O–H groups in total. The molecule has 0 unspecified atom stereocenters. The molecule has 1 aromatic heterocycles. The lowest BCUT2D eigenvalue weighted by atomic mass is 10.1. The van der Waals surface area contributed by atoms with Crippen molar-refractivity contribution in [1.29, 1.82) is 5.26 Å². The van der Waals surface area contributed by atoms with Crippen LogP contribution in [0, 0.1) is 11.3 Å². The highest BCUT2D eigenvalue weighted by molar-refractivity contribution is 9.10. The molecular weight excluding hydrogens is 406 g/mol. The van der Waals surface area contributed by atoms with E-state index in [4.69, 9.17) is 9.47 Å². The summed E-state index contributed by atoms with van der Waals surface area (Å²) in [6.07, 6.45) is 3.45. The van der Waals surface area contributed by atoms with E-state index in [9.17, 15) is 5.26 Å². The van der Waals surface area contributed by atoms with Gasteiger partial charge in [0.15, 0.2) is 17.3 Å². The van der Waals surface area contributed by atoms with Crippen molar-refractivity contribution in [2.24, 2.45) is 7.05 Å². The highest BCUT2D eigenvalue weighted by atomic mass is 79.9. The van der Waals surface area contributed by atoms with Gasteiger partial charge in [0.25, 0.3) is 0 Å². The molecule has 0 amide bonds. The molecule has 1 heterocycles. The van der Waals surface area contributed by atoms with Crippen LogP contribution in [-0.4, -0.2) is 23.3 Å². The molecule has 0 spiro atoms. The molecule has 3 rings (SSSR count). The van der Waals surface area contributed by atoms with Gasteiger partial charge in [-0.3, -0.25) is 0 Å². The molecule has 2 aromatic carbocycles. The number of nitrogens with zero attached hydrogens (tertiary/aromatic N) is 3. The summed E-state index contributed by atoms with van der Waals surface area (Å²) in [6, 6.07) is 13.7. The van der Waals surface area contributed by atoms with E-state index >= 15 is 0 Å². The standard InChI is InChI=1S/C21H18BrN3O2/c1-4-9-27-20-16(22)11-14(12-19(20)26-3)10-15(13-23)21-24-17-7-5-6-8-18(17)25(21)2/h4-8,10-12H,1,9H2,2-3H3/b15-10+. The maximum absolute atomic E-state index is 9.71. The number of fused-ring (bicyclic) bond motifs is 1. The fourth-order valence-corrected chi connectivity index (χ4v) is 3.38. The molecule has 5 nitrogen and oxygen atoms in total. The maximum Gasteiger partial charge on any atom is 0.175 e. The van der Waals surface area contributed by atoms with E-state index in [1.54, 1.807) is 19.3 Å². The van der Waals surface area contributed by atoms with Gasteiger partial charge in [-0.25, -0.2) is 4.98 Å². The van der Waals surface area contributed by atoms with Gasteiger partial charge in [-0.1, -0.05) is 24.8 Å². The van der Waals surface area contributed by atoms with E-state index in [0.717, 1.165) is 21.1 Å². The van der Waals surface area contributed by atoms with Crippen LogP contribution in [0.25, 0.3) is 22.7 Å². The summed E-state index contributed by atoms with van der Waals surface area (Å²) in [5.41, 5.74) is 3.08. The fraction of sp³-hybridized carbons (Fsp3) is 0.143. The van der Waals surface area contributed by atoms with E-state index in [1.807, 2.05) is 48.0 Å². The normalized spacial score (nSPS) is 11.3. The lowest BCUT2D eigenvalue weighted by Crippen LogP contribution is -1.98. The fourth-order valence-electron chi connectivity index (χ4n) is 2.81. The Bertz CT molecular complexity index is 1080. The predicted molar refractivity (Wildman–Crippen MR) is 111 cm³/mol. The molecule has 136 valence electrons. The van der Waals surface area contributed by atoms with Crippen LogP contribution in [-0.2, 0) is 7.05 Å². The molecule has 6 heteroatoms. The highest BCUT2D eigenvalue weighted by Crippen LogP contribution is 2.37. The smallest absolute Gasteiger partial charge is 0.175 e. The van der Waals surface area contributed by atoms with Crippen LogP contribution in [0.3, 0.4) is 0 Å². The first-order valence-corrected chi connectivity index (χ1v) is 9.03. The average molecular weight is 424 g/mol. The molecular formula is C21H18BrN3O2. The average Bonchev–Trinajstić information content (AvgIpc) is 3.01. The number of imidazole rings is 1. The lowest BCUT2D eigenvalue weighted by molar-refractivity contribution is 0.324. The molecule has 0 aliphatic carbocycles. The summed E-state index contributed by atoms with van der Waals surface area (Å²) in [5.74, 6) is 1.77. The molecule has 0 aliphatic heterocycles. The minimum atomic E-state index is 0.369. The van der Waals surface area contributed by atoms with Crippen molar-refractivity contribution in [3.8, 4) is 17.6 Å². The second kappa shape index (κ2) is 8.11. The van der Waals surface area contributed by atoms with Crippen LogP contribution in [0.1, 0.15) is 11.4 Å². The van der Waals surface area contributed by atoms with Gasteiger partial charge in [0, 0.05) is 7.05 Å². The summed E-state index contributed by atoms with van der Waals surface area (Å²) in [4.78, 5) is 4.60. The van der Waals surface area contributed by atoms with Gasteiger partial charge in [-0.2, -0.15) is 5.26 Å². The van der Waals surface area contributed by atoms with Gasteiger partial charge >= 0.3 is 0 Å². The maximum atomic E-state index is 9.71. The first kappa shape index (κ1) is 18.7. The molecule has 0 atom stereocenters. The molecule has 0 aliphatic rings. The van der Waals surface area contributed by atoms with Crippen LogP contribution in [0.2, 0.25) is 0 Å². The van der Waals surface area contributed by atoms with Crippen LogP contribution >= 0.6 is 15.9 Å². The molecule has 0 saturated carbocycles. The monoisotopic (exact) mass is 423 g/mol. The second-order valence-electron chi connectivity index (χ2n) is 5.79. The summed E-state index contributed by atoms with van der Waals surface area (Å²) in [6.45, 7) is 4.02. The number of ether oxygens (including phenoxy) is 2. The van der Waals surface area contributed by atoms with Crippen LogP contribution in [0.15, 0.2) is 53.5 Å². The number of rotatable bonds is 6. The van der Waals surface area contributed by atoms with Crippen molar-refractivity contribution in [2.45, 2.75) is 0 Å². The first-order valence-electron chi connectivity index (χ1n) is 8.24. The van der Waals surface area contributed by atoms with Crippen molar-refractivity contribution < 1.29 is 9.47 Å². The van der Waals surface area contributed by atoms with E-state index in [0.29, 0.717) is 29.5 Å². The van der Waals surface area contributed by atoms with Gasteiger partial charge < -0.3 is 14.0 Å². The van der Waals surface area contributed by atoms with Crippen molar-refractivity contribution in [3.63, 3.8) is 0 Å². The minimum absolute atomic E-state index is 0.369. The number of hydrogen-bond acceptors (Lipinski definition) is 4. The van der Waals surface area contributed by atoms with E-state index < -0.39 is 0 Å². The van der Waals surface area contributed by atoms with E-state index in [-0.39, 0.29) is 0 Å². The summed E-state index contributed by atoms with van der Waals surface area (Å²) in [5, 5.41) is 9.71. The quantitative estimate of drug-likeness (QED) is 0.414. The zero-order valence-corrected chi connectivity index (χ0v) is 16.7. The molecule has 0 fully saturated rings. The minimum Gasteiger partial charge on any atom is -0.493 e. The van der Waals surface area contributed by atoms with Gasteiger partial charge in [0.05, 0.1) is 28.2 Å². The lowest BCUT2D eigenvalue weighted by Gasteiger charge is -2.12. The van der Waals surface area contributed by atoms with Crippen molar-refractivity contribution in [3.05, 3.63) is 64.9 Å². The number of benzene rings is 2. The Balaban J connectivity index is 2.08. The van der Waals surface area contributed by atoms with Gasteiger partial charge in [0.2, 0.25) is 0 Å². The molecule has 0 saturated heterocycles. The van der Waals surface area contributed by atoms with E-state index in [2.05, 4.69) is 33.6 Å². The number of methoxy groups -OCH3 is 1. The molecule has 3 aromatic rings. The Morgan fingerprint density at radius 3 is 2.81 bits per heavy atom. The summed E-state index contributed by atoms with van der Waals surface area (Å²) >= 11 is 3.51. The number of aryl methyl sites for hydroxylation is 1. The van der Waals surface area contributed by atoms with Crippen molar-refractivity contribution in [2.75, 3.05) is 13.7 Å². The number of para-hydroxylation sites is 2. The number of nitriles is 1. The molecule has 0 bridgehead atoms. The summed E-state index contributed by atoms with van der Waals surface area (Å²) in [7, 11) is 3.48. The highest BCUT2D eigenvalue weighted by Gasteiger charge is 2.14. The molecule has 0 radical (unpaired) electrons. The number of aromatic nitrogens is 2. The number of hydrogen-bond donors (Lipinski definition) is 0. The van der Waals surface area contributed by atoms with Crippen LogP contribution in [0.4, 0.5) is 0 Å². The zero-order valence-electron chi connectivity index (χ0n) is 15.1. The third-order valence-electron chi connectivity index (χ3n) is 4.06. The second-order valence-corrected chi connectivity index (χ2v) is 6.64. The van der Waals surface area contributed by atoms with Crippen molar-refractivity contribution in [1.82, 2.24) is 9.55 Å². The van der Waals surface area contributed by atoms with Gasteiger partial charge in [-0.05, 0) is 51.8 Å². The predicted octanol–water partition coefficient (Wildman–Crippen LogP) is 4.97.